The van der Waals surface area contributed by atoms with Crippen LogP contribution in [0.3, 0.4) is 0 Å². The van der Waals surface area contributed by atoms with Gasteiger partial charge in [0.2, 0.25) is 0 Å². The molecule has 5 nitrogen and oxygen atoms in total. The number of carbonyl (C=O) groups is 1. The molecule has 2 rings (SSSR count). The van der Waals surface area contributed by atoms with E-state index in [0.29, 0.717) is 28.0 Å². The molecule has 21 heavy (non-hydrogen) atoms. The van der Waals surface area contributed by atoms with Gasteiger partial charge in [-0.25, -0.2) is 4.79 Å². The number of hydrogen-bond acceptors (Lipinski definition) is 3. The predicted octanol–water partition coefficient (Wildman–Crippen LogP) is 3.91. The summed E-state index contributed by atoms with van der Waals surface area (Å²) in [6, 6.07) is 6.41. The van der Waals surface area contributed by atoms with Gasteiger partial charge >= 0.3 is 6.03 Å². The predicted molar refractivity (Wildman–Crippen MR) is 82.2 cm³/mol. The summed E-state index contributed by atoms with van der Waals surface area (Å²) < 4.78 is 7.06. The molecule has 0 aliphatic carbocycles. The van der Waals surface area contributed by atoms with Crippen LogP contribution in [0.4, 0.5) is 4.79 Å². The Morgan fingerprint density at radius 3 is 2.86 bits per heavy atom. The van der Waals surface area contributed by atoms with Crippen molar-refractivity contribution in [1.29, 1.82) is 0 Å². The highest BCUT2D eigenvalue weighted by molar-refractivity contribution is 6.35. The second-order valence-corrected chi connectivity index (χ2v) is 5.18. The van der Waals surface area contributed by atoms with Gasteiger partial charge in [-0.2, -0.15) is 9.78 Å². The van der Waals surface area contributed by atoms with E-state index in [1.54, 1.807) is 30.5 Å². The van der Waals surface area contributed by atoms with E-state index in [1.165, 1.54) is 4.68 Å². The van der Waals surface area contributed by atoms with Crippen molar-refractivity contribution >= 4 is 29.2 Å². The number of benzene rings is 1. The number of hydrogen-bond donors (Lipinski definition) is 1. The largest absolute Gasteiger partial charge is 0.483 e. The summed E-state index contributed by atoms with van der Waals surface area (Å²) in [7, 11) is 0. The quantitative estimate of drug-likeness (QED) is 0.926. The third kappa shape index (κ3) is 3.68. The van der Waals surface area contributed by atoms with E-state index in [1.807, 2.05) is 13.8 Å². The minimum absolute atomic E-state index is 0.296. The van der Waals surface area contributed by atoms with E-state index < -0.39 is 6.10 Å². The molecule has 1 atom stereocenters. The molecule has 1 N–H and O–H groups in total. The van der Waals surface area contributed by atoms with Crippen LogP contribution in [0, 0.1) is 0 Å². The first kappa shape index (κ1) is 15.7. The molecule has 0 spiro atoms. The van der Waals surface area contributed by atoms with Gasteiger partial charge in [-0.15, -0.1) is 0 Å². The second-order valence-electron chi connectivity index (χ2n) is 4.34. The topological polar surface area (TPSA) is 56.2 Å². The zero-order chi connectivity index (χ0) is 15.4. The van der Waals surface area contributed by atoms with E-state index in [-0.39, 0.29) is 6.03 Å². The van der Waals surface area contributed by atoms with Crippen LogP contribution in [0.5, 0.6) is 5.75 Å². The molecule has 1 heterocycles. The lowest BCUT2D eigenvalue weighted by Gasteiger charge is -2.17. The molecule has 112 valence electrons. The maximum absolute atomic E-state index is 11.9. The van der Waals surface area contributed by atoms with E-state index in [4.69, 9.17) is 27.9 Å². The number of rotatable bonds is 4. The van der Waals surface area contributed by atoms with Gasteiger partial charge in [0.15, 0.2) is 0 Å². The van der Waals surface area contributed by atoms with E-state index in [9.17, 15) is 4.79 Å². The normalized spacial score (nSPS) is 12.0. The molecule has 0 saturated heterocycles. The van der Waals surface area contributed by atoms with Crippen molar-refractivity contribution in [3.05, 3.63) is 46.2 Å². The standard InChI is InChI=1S/C14H15Cl2N3O2/c1-3-17-14(20)19-12(6-7-18-19)9(2)21-13-5-4-10(15)8-11(13)16/h4-9H,3H2,1-2H3,(H,17,20)/t9-/m1/s1. The molecule has 2 aromatic rings. The van der Waals surface area contributed by atoms with Gasteiger partial charge in [-0.05, 0) is 38.1 Å². The SMILES string of the molecule is CCNC(=O)n1nccc1[C@@H](C)Oc1ccc(Cl)cc1Cl. The van der Waals surface area contributed by atoms with Crippen LogP contribution in [0.1, 0.15) is 25.6 Å². The highest BCUT2D eigenvalue weighted by Gasteiger charge is 2.18. The molecule has 0 aliphatic rings. The van der Waals surface area contributed by atoms with Crippen LogP contribution in [0.2, 0.25) is 10.0 Å². The van der Waals surface area contributed by atoms with E-state index in [2.05, 4.69) is 10.4 Å². The average molecular weight is 328 g/mol. The fourth-order valence-electron chi connectivity index (χ4n) is 1.84. The lowest BCUT2D eigenvalue weighted by Crippen LogP contribution is -2.31. The molecule has 1 amide bonds. The van der Waals surface area contributed by atoms with Gasteiger partial charge in [-0.3, -0.25) is 0 Å². The summed E-state index contributed by atoms with van der Waals surface area (Å²) in [6.45, 7) is 4.18. The number of carbonyl (C=O) groups excluding carboxylic acids is 1. The second kappa shape index (κ2) is 6.83. The number of amides is 1. The summed E-state index contributed by atoms with van der Waals surface area (Å²) in [6.07, 6.45) is 1.15. The van der Waals surface area contributed by atoms with Crippen LogP contribution in [0.25, 0.3) is 0 Å². The fourth-order valence-corrected chi connectivity index (χ4v) is 2.29. The third-order valence-corrected chi connectivity index (χ3v) is 3.34. The van der Waals surface area contributed by atoms with Crippen molar-refractivity contribution in [1.82, 2.24) is 15.1 Å². The molecule has 7 heteroatoms. The van der Waals surface area contributed by atoms with Gasteiger partial charge < -0.3 is 10.1 Å². The number of ether oxygens (including phenoxy) is 1. The van der Waals surface area contributed by atoms with Crippen LogP contribution in [-0.4, -0.2) is 22.4 Å². The Balaban J connectivity index is 2.19. The molecule has 1 aromatic heterocycles. The van der Waals surface area contributed by atoms with Crippen molar-refractivity contribution in [3.63, 3.8) is 0 Å². The Bertz CT molecular complexity index is 643. The smallest absolute Gasteiger partial charge is 0.342 e. The Labute approximate surface area is 132 Å². The molecule has 0 radical (unpaired) electrons. The zero-order valence-corrected chi connectivity index (χ0v) is 13.1. The monoisotopic (exact) mass is 327 g/mol. The first-order valence-corrected chi connectivity index (χ1v) is 7.22. The highest BCUT2D eigenvalue weighted by atomic mass is 35.5. The van der Waals surface area contributed by atoms with Gasteiger partial charge in [-0.1, -0.05) is 23.2 Å². The molecule has 1 aromatic carbocycles. The molecule has 0 unspecified atom stereocenters. The minimum atomic E-state index is -0.395. The maximum Gasteiger partial charge on any atom is 0.342 e. The summed E-state index contributed by atoms with van der Waals surface area (Å²) in [5.74, 6) is 0.497. The number of halogens is 2. The van der Waals surface area contributed by atoms with Crippen LogP contribution < -0.4 is 10.1 Å². The van der Waals surface area contributed by atoms with Crippen molar-refractivity contribution < 1.29 is 9.53 Å². The number of nitrogens with zero attached hydrogens (tertiary/aromatic N) is 2. The van der Waals surface area contributed by atoms with Crippen LogP contribution in [-0.2, 0) is 0 Å². The summed E-state index contributed by atoms with van der Waals surface area (Å²) in [5, 5.41) is 7.64. The summed E-state index contributed by atoms with van der Waals surface area (Å²) in [5.41, 5.74) is 0.631. The highest BCUT2D eigenvalue weighted by Crippen LogP contribution is 2.31. The summed E-state index contributed by atoms with van der Waals surface area (Å²) in [4.78, 5) is 11.9. The Morgan fingerprint density at radius 1 is 1.43 bits per heavy atom. The molecule has 0 aliphatic heterocycles. The van der Waals surface area contributed by atoms with Crippen molar-refractivity contribution in [2.45, 2.75) is 20.0 Å². The first-order valence-electron chi connectivity index (χ1n) is 6.46. The maximum atomic E-state index is 11.9. The van der Waals surface area contributed by atoms with Crippen molar-refractivity contribution in [3.8, 4) is 5.75 Å². The Morgan fingerprint density at radius 2 is 2.19 bits per heavy atom. The van der Waals surface area contributed by atoms with Crippen LogP contribution >= 0.6 is 23.2 Å². The van der Waals surface area contributed by atoms with Gasteiger partial charge in [0.25, 0.3) is 0 Å². The number of aromatic nitrogens is 2. The Hall–Kier alpha value is -1.72. The van der Waals surface area contributed by atoms with E-state index in [0.717, 1.165) is 0 Å². The molecular weight excluding hydrogens is 313 g/mol. The molecule has 0 fully saturated rings. The van der Waals surface area contributed by atoms with Gasteiger partial charge in [0.05, 0.1) is 10.7 Å². The lowest BCUT2D eigenvalue weighted by molar-refractivity contribution is 0.209. The fraction of sp³-hybridized carbons (Fsp3) is 0.286. The first-order chi connectivity index (χ1) is 10.0. The van der Waals surface area contributed by atoms with Gasteiger partial charge in [0.1, 0.15) is 11.9 Å². The lowest BCUT2D eigenvalue weighted by atomic mass is 10.2. The minimum Gasteiger partial charge on any atom is -0.483 e. The van der Waals surface area contributed by atoms with Crippen molar-refractivity contribution in [2.75, 3.05) is 6.54 Å². The van der Waals surface area contributed by atoms with Crippen molar-refractivity contribution in [2.24, 2.45) is 0 Å². The third-order valence-electron chi connectivity index (χ3n) is 2.81. The molecular formula is C14H15Cl2N3O2. The average Bonchev–Trinajstić information content (AvgIpc) is 2.91. The number of nitrogens with one attached hydrogen (secondary N) is 1. The van der Waals surface area contributed by atoms with Crippen LogP contribution in [0.15, 0.2) is 30.5 Å². The Kier molecular flexibility index (Phi) is 5.09. The molecule has 0 bridgehead atoms. The van der Waals surface area contributed by atoms with E-state index >= 15 is 0 Å². The zero-order valence-electron chi connectivity index (χ0n) is 11.6. The summed E-state index contributed by atoms with van der Waals surface area (Å²) >= 11 is 11.9. The van der Waals surface area contributed by atoms with Gasteiger partial charge in [0, 0.05) is 17.8 Å². The molecule has 0 saturated carbocycles.